The highest BCUT2D eigenvalue weighted by Gasteiger charge is 2.10. The number of hydrogen-bond acceptors (Lipinski definition) is 4. The molecular weight excluding hydrogens is 310 g/mol. The number of thiazole rings is 1. The van der Waals surface area contributed by atoms with Crippen molar-refractivity contribution in [3.8, 4) is 0 Å². The van der Waals surface area contributed by atoms with Crippen molar-refractivity contribution < 1.29 is 4.79 Å². The fraction of sp³-hybridized carbons (Fsp3) is 0.688. The molecule has 1 amide bonds. The first-order chi connectivity index (χ1) is 11.0. The minimum absolute atomic E-state index is 0.0642. The van der Waals surface area contributed by atoms with Gasteiger partial charge in [-0.3, -0.25) is 9.79 Å². The van der Waals surface area contributed by atoms with Gasteiger partial charge in [-0.1, -0.05) is 13.8 Å². The summed E-state index contributed by atoms with van der Waals surface area (Å²) in [6.07, 6.45) is 2.28. The number of carbonyl (C=O) groups is 1. The molecule has 0 saturated carbocycles. The highest BCUT2D eigenvalue weighted by molar-refractivity contribution is 7.11. The van der Waals surface area contributed by atoms with Crippen LogP contribution in [0.2, 0.25) is 0 Å². The average molecular weight is 340 g/mol. The van der Waals surface area contributed by atoms with Gasteiger partial charge in [0.2, 0.25) is 0 Å². The van der Waals surface area contributed by atoms with Crippen molar-refractivity contribution in [3.63, 3.8) is 0 Å². The zero-order chi connectivity index (χ0) is 17.1. The van der Waals surface area contributed by atoms with E-state index in [9.17, 15) is 4.79 Å². The van der Waals surface area contributed by atoms with Gasteiger partial charge >= 0.3 is 0 Å². The maximum Gasteiger partial charge on any atom is 0.263 e. The third-order valence-corrected chi connectivity index (χ3v) is 4.14. The van der Waals surface area contributed by atoms with E-state index in [4.69, 9.17) is 0 Å². The molecule has 0 aromatic carbocycles. The SMILES string of the molecule is CCNC(=NCCCC(C)C)NCCNC(=O)c1scnc1C. The number of amides is 1. The van der Waals surface area contributed by atoms with Crippen molar-refractivity contribution in [2.75, 3.05) is 26.2 Å². The van der Waals surface area contributed by atoms with E-state index >= 15 is 0 Å². The second-order valence-corrected chi connectivity index (χ2v) is 6.60. The number of aliphatic imine (C=N–C) groups is 1. The van der Waals surface area contributed by atoms with Gasteiger partial charge in [-0.2, -0.15) is 0 Å². The Labute approximate surface area is 143 Å². The Morgan fingerprint density at radius 1 is 1.30 bits per heavy atom. The number of hydrogen-bond donors (Lipinski definition) is 3. The molecule has 0 aliphatic rings. The van der Waals surface area contributed by atoms with Crippen molar-refractivity contribution in [1.29, 1.82) is 0 Å². The molecule has 7 heteroatoms. The van der Waals surface area contributed by atoms with Gasteiger partial charge in [-0.15, -0.1) is 11.3 Å². The van der Waals surface area contributed by atoms with Crippen LogP contribution in [-0.4, -0.2) is 43.0 Å². The second kappa shape index (κ2) is 11.0. The van der Waals surface area contributed by atoms with Crippen molar-refractivity contribution in [1.82, 2.24) is 20.9 Å². The number of guanidine groups is 1. The summed E-state index contributed by atoms with van der Waals surface area (Å²) in [6.45, 7) is 11.2. The van der Waals surface area contributed by atoms with Gasteiger partial charge in [-0.05, 0) is 32.6 Å². The molecule has 1 rings (SSSR count). The van der Waals surface area contributed by atoms with E-state index in [1.807, 2.05) is 13.8 Å². The van der Waals surface area contributed by atoms with Gasteiger partial charge < -0.3 is 16.0 Å². The Hall–Kier alpha value is -1.63. The highest BCUT2D eigenvalue weighted by atomic mass is 32.1. The molecule has 0 unspecified atom stereocenters. The van der Waals surface area contributed by atoms with Gasteiger partial charge in [0, 0.05) is 26.2 Å². The standard InChI is InChI=1S/C16H29N5OS/c1-5-17-16(19-8-6-7-12(2)3)20-10-9-18-15(22)14-13(4)21-11-23-14/h11-12H,5-10H2,1-4H3,(H,18,22)(H2,17,19,20). The normalized spacial score (nSPS) is 11.6. The summed E-state index contributed by atoms with van der Waals surface area (Å²) in [6, 6.07) is 0. The Morgan fingerprint density at radius 3 is 2.65 bits per heavy atom. The molecule has 23 heavy (non-hydrogen) atoms. The van der Waals surface area contributed by atoms with Crippen LogP contribution in [0.4, 0.5) is 0 Å². The zero-order valence-electron chi connectivity index (χ0n) is 14.6. The van der Waals surface area contributed by atoms with E-state index in [2.05, 4.69) is 39.8 Å². The summed E-state index contributed by atoms with van der Waals surface area (Å²) in [4.78, 5) is 21.3. The molecule has 6 nitrogen and oxygen atoms in total. The molecule has 0 aliphatic heterocycles. The first-order valence-corrected chi connectivity index (χ1v) is 9.13. The molecule has 130 valence electrons. The molecule has 0 saturated heterocycles. The van der Waals surface area contributed by atoms with Crippen LogP contribution in [0.25, 0.3) is 0 Å². The van der Waals surface area contributed by atoms with E-state index in [0.29, 0.717) is 23.9 Å². The van der Waals surface area contributed by atoms with E-state index in [1.54, 1.807) is 5.51 Å². The second-order valence-electron chi connectivity index (χ2n) is 5.75. The molecule has 0 atom stereocenters. The average Bonchev–Trinajstić information content (AvgIpc) is 2.93. The summed E-state index contributed by atoms with van der Waals surface area (Å²) in [5, 5.41) is 9.34. The molecular formula is C16H29N5OS. The Kier molecular flexibility index (Phi) is 9.28. The van der Waals surface area contributed by atoms with Crippen LogP contribution < -0.4 is 16.0 Å². The Morgan fingerprint density at radius 2 is 2.04 bits per heavy atom. The fourth-order valence-corrected chi connectivity index (χ4v) is 2.71. The Balaban J connectivity index is 2.28. The van der Waals surface area contributed by atoms with Crippen molar-refractivity contribution >= 4 is 23.2 Å². The number of aromatic nitrogens is 1. The third-order valence-electron chi connectivity index (χ3n) is 3.21. The van der Waals surface area contributed by atoms with E-state index in [1.165, 1.54) is 17.8 Å². The third kappa shape index (κ3) is 7.97. The fourth-order valence-electron chi connectivity index (χ4n) is 1.99. The molecule has 1 aromatic rings. The van der Waals surface area contributed by atoms with Crippen LogP contribution in [0, 0.1) is 12.8 Å². The molecule has 1 aromatic heterocycles. The lowest BCUT2D eigenvalue weighted by atomic mass is 10.1. The quantitative estimate of drug-likeness (QED) is 0.366. The molecule has 0 aliphatic carbocycles. The van der Waals surface area contributed by atoms with Crippen LogP contribution >= 0.6 is 11.3 Å². The number of aryl methyl sites for hydroxylation is 1. The predicted octanol–water partition coefficient (Wildman–Crippen LogP) is 2.17. The topological polar surface area (TPSA) is 78.4 Å². The van der Waals surface area contributed by atoms with Gasteiger partial charge in [0.1, 0.15) is 4.88 Å². The number of nitrogens with one attached hydrogen (secondary N) is 3. The summed E-state index contributed by atoms with van der Waals surface area (Å²) in [7, 11) is 0. The minimum atomic E-state index is -0.0642. The first kappa shape index (κ1) is 19.4. The predicted molar refractivity (Wildman–Crippen MR) is 97.2 cm³/mol. The van der Waals surface area contributed by atoms with Crippen LogP contribution in [-0.2, 0) is 0 Å². The van der Waals surface area contributed by atoms with Gasteiger partial charge in [-0.25, -0.2) is 4.98 Å². The van der Waals surface area contributed by atoms with Gasteiger partial charge in [0.25, 0.3) is 5.91 Å². The maximum atomic E-state index is 12.0. The number of carbonyl (C=O) groups excluding carboxylic acids is 1. The van der Waals surface area contributed by atoms with Crippen molar-refractivity contribution in [3.05, 3.63) is 16.1 Å². The molecule has 1 heterocycles. The lowest BCUT2D eigenvalue weighted by molar-refractivity contribution is 0.0957. The van der Waals surface area contributed by atoms with Crippen molar-refractivity contribution in [2.45, 2.75) is 40.5 Å². The Bertz CT molecular complexity index is 498. The lowest BCUT2D eigenvalue weighted by Crippen LogP contribution is -2.41. The molecule has 3 N–H and O–H groups in total. The van der Waals surface area contributed by atoms with E-state index in [-0.39, 0.29) is 5.91 Å². The van der Waals surface area contributed by atoms with Gasteiger partial charge in [0.15, 0.2) is 5.96 Å². The van der Waals surface area contributed by atoms with E-state index in [0.717, 1.165) is 31.2 Å². The number of rotatable bonds is 9. The van der Waals surface area contributed by atoms with Crippen LogP contribution in [0.5, 0.6) is 0 Å². The van der Waals surface area contributed by atoms with Crippen molar-refractivity contribution in [2.24, 2.45) is 10.9 Å². The van der Waals surface area contributed by atoms with E-state index < -0.39 is 0 Å². The monoisotopic (exact) mass is 339 g/mol. The van der Waals surface area contributed by atoms with Crippen LogP contribution in [0.1, 0.15) is 49.0 Å². The lowest BCUT2D eigenvalue weighted by Gasteiger charge is -2.12. The first-order valence-electron chi connectivity index (χ1n) is 8.25. The zero-order valence-corrected chi connectivity index (χ0v) is 15.4. The maximum absolute atomic E-state index is 12.0. The smallest absolute Gasteiger partial charge is 0.263 e. The molecule has 0 fully saturated rings. The summed E-state index contributed by atoms with van der Waals surface area (Å²) < 4.78 is 0. The van der Waals surface area contributed by atoms with Crippen LogP contribution in [0.3, 0.4) is 0 Å². The van der Waals surface area contributed by atoms with Crippen LogP contribution in [0.15, 0.2) is 10.5 Å². The minimum Gasteiger partial charge on any atom is -0.357 e. The summed E-state index contributed by atoms with van der Waals surface area (Å²) >= 11 is 1.37. The molecule has 0 bridgehead atoms. The summed E-state index contributed by atoms with van der Waals surface area (Å²) in [5.41, 5.74) is 2.47. The molecule has 0 radical (unpaired) electrons. The largest absolute Gasteiger partial charge is 0.357 e. The van der Waals surface area contributed by atoms with Gasteiger partial charge in [0.05, 0.1) is 11.2 Å². The molecule has 0 spiro atoms. The summed E-state index contributed by atoms with van der Waals surface area (Å²) in [5.74, 6) is 1.45. The number of nitrogens with zero attached hydrogens (tertiary/aromatic N) is 2. The highest BCUT2D eigenvalue weighted by Crippen LogP contribution is 2.11.